The van der Waals surface area contributed by atoms with Crippen LogP contribution in [0.15, 0.2) is 21.1 Å². The second-order valence-electron chi connectivity index (χ2n) is 3.61. The first-order valence-electron chi connectivity index (χ1n) is 4.72. The summed E-state index contributed by atoms with van der Waals surface area (Å²) in [6, 6.07) is 3.30. The van der Waals surface area contributed by atoms with E-state index in [1.165, 1.54) is 0 Å². The Morgan fingerprint density at radius 2 is 1.81 bits per heavy atom. The lowest BCUT2D eigenvalue weighted by Gasteiger charge is -2.13. The molecule has 0 saturated carbocycles. The first-order valence-corrected chi connectivity index (χ1v) is 6.30. The molecule has 4 nitrogen and oxygen atoms in total. The third-order valence-corrected chi connectivity index (χ3v) is 2.97. The topological polar surface area (TPSA) is 67.2 Å². The van der Waals surface area contributed by atoms with Crippen LogP contribution in [0.2, 0.25) is 0 Å². The molecule has 88 valence electrons. The van der Waals surface area contributed by atoms with Crippen LogP contribution in [0, 0.1) is 0 Å². The number of amides is 2. The van der Waals surface area contributed by atoms with Gasteiger partial charge >= 0.3 is 6.03 Å². The molecule has 0 fully saturated rings. The fourth-order valence-electron chi connectivity index (χ4n) is 1.12. The fourth-order valence-corrected chi connectivity index (χ4v) is 2.54. The van der Waals surface area contributed by atoms with Crippen molar-refractivity contribution in [2.24, 2.45) is 0 Å². The number of nitrogens with one attached hydrogen (secondary N) is 2. The number of halogens is 2. The molecule has 0 radical (unpaired) electrons. The van der Waals surface area contributed by atoms with Gasteiger partial charge in [0.25, 0.3) is 0 Å². The number of anilines is 2. The third kappa shape index (κ3) is 3.68. The summed E-state index contributed by atoms with van der Waals surface area (Å²) in [4.78, 5) is 11.5. The van der Waals surface area contributed by atoms with Gasteiger partial charge in [0.05, 0.1) is 5.69 Å². The highest BCUT2D eigenvalue weighted by atomic mass is 79.9. The summed E-state index contributed by atoms with van der Waals surface area (Å²) in [5.41, 5.74) is 6.93. The molecule has 1 aromatic carbocycles. The number of urea groups is 1. The van der Waals surface area contributed by atoms with Crippen molar-refractivity contribution < 1.29 is 4.79 Å². The Morgan fingerprint density at radius 1 is 1.31 bits per heavy atom. The highest BCUT2D eigenvalue weighted by molar-refractivity contribution is 9.11. The summed E-state index contributed by atoms with van der Waals surface area (Å²) in [7, 11) is 0. The number of carbonyl (C=O) groups is 1. The molecule has 1 aromatic rings. The van der Waals surface area contributed by atoms with Crippen LogP contribution >= 0.6 is 31.9 Å². The summed E-state index contributed by atoms with van der Waals surface area (Å²) < 4.78 is 1.47. The van der Waals surface area contributed by atoms with Gasteiger partial charge in [-0.2, -0.15) is 0 Å². The van der Waals surface area contributed by atoms with Crippen LogP contribution in [-0.4, -0.2) is 12.1 Å². The molecule has 2 amide bonds. The molecule has 1 rings (SSSR count). The summed E-state index contributed by atoms with van der Waals surface area (Å²) in [6.45, 7) is 3.79. The van der Waals surface area contributed by atoms with Crippen molar-refractivity contribution in [1.82, 2.24) is 5.32 Å². The zero-order valence-electron chi connectivity index (χ0n) is 8.97. The molecule has 0 aliphatic heterocycles. The highest BCUT2D eigenvalue weighted by Crippen LogP contribution is 2.33. The van der Waals surface area contributed by atoms with E-state index >= 15 is 0 Å². The van der Waals surface area contributed by atoms with Crippen molar-refractivity contribution >= 4 is 49.3 Å². The van der Waals surface area contributed by atoms with Crippen LogP contribution in [0.1, 0.15) is 13.8 Å². The van der Waals surface area contributed by atoms with Crippen molar-refractivity contribution in [2.45, 2.75) is 19.9 Å². The van der Waals surface area contributed by atoms with Crippen LogP contribution in [0.5, 0.6) is 0 Å². The van der Waals surface area contributed by atoms with Crippen LogP contribution < -0.4 is 16.4 Å². The van der Waals surface area contributed by atoms with Crippen molar-refractivity contribution in [1.29, 1.82) is 0 Å². The van der Waals surface area contributed by atoms with E-state index in [4.69, 9.17) is 5.73 Å². The van der Waals surface area contributed by atoms with Gasteiger partial charge in [0.1, 0.15) is 0 Å². The van der Waals surface area contributed by atoms with Gasteiger partial charge in [-0.25, -0.2) is 4.79 Å². The highest BCUT2D eigenvalue weighted by Gasteiger charge is 2.10. The monoisotopic (exact) mass is 349 g/mol. The number of benzene rings is 1. The van der Waals surface area contributed by atoms with Gasteiger partial charge < -0.3 is 16.4 Å². The summed E-state index contributed by atoms with van der Waals surface area (Å²) >= 11 is 6.68. The van der Waals surface area contributed by atoms with Crippen molar-refractivity contribution in [2.75, 3.05) is 11.1 Å². The van der Waals surface area contributed by atoms with E-state index in [2.05, 4.69) is 42.5 Å². The quantitative estimate of drug-likeness (QED) is 0.716. The average Bonchev–Trinajstić information content (AvgIpc) is 2.09. The molecule has 0 heterocycles. The molecule has 0 saturated heterocycles. The Labute approximate surface area is 111 Å². The fraction of sp³-hybridized carbons (Fsp3) is 0.300. The Bertz CT molecular complexity index is 384. The number of nitrogens with two attached hydrogens (primary N) is 1. The van der Waals surface area contributed by atoms with Crippen LogP contribution in [0.4, 0.5) is 16.2 Å². The Kier molecular flexibility index (Phi) is 4.61. The minimum Gasteiger partial charge on any atom is -0.399 e. The van der Waals surface area contributed by atoms with E-state index in [0.29, 0.717) is 11.4 Å². The lowest BCUT2D eigenvalue weighted by Crippen LogP contribution is -2.34. The average molecular weight is 351 g/mol. The first-order chi connectivity index (χ1) is 7.40. The van der Waals surface area contributed by atoms with Gasteiger partial charge in [-0.3, -0.25) is 0 Å². The van der Waals surface area contributed by atoms with Crippen molar-refractivity contribution in [3.63, 3.8) is 0 Å². The molecule has 6 heteroatoms. The van der Waals surface area contributed by atoms with Gasteiger partial charge in [-0.05, 0) is 57.8 Å². The van der Waals surface area contributed by atoms with Crippen molar-refractivity contribution in [3.05, 3.63) is 21.1 Å². The third-order valence-electron chi connectivity index (χ3n) is 1.72. The van der Waals surface area contributed by atoms with E-state index < -0.39 is 0 Å². The molecular formula is C10H13Br2N3O. The van der Waals surface area contributed by atoms with E-state index in [-0.39, 0.29) is 12.1 Å². The summed E-state index contributed by atoms with van der Waals surface area (Å²) in [5.74, 6) is 0. The molecule has 16 heavy (non-hydrogen) atoms. The zero-order chi connectivity index (χ0) is 12.3. The number of nitrogen functional groups attached to an aromatic ring is 1. The maximum atomic E-state index is 11.5. The number of hydrogen-bond acceptors (Lipinski definition) is 2. The molecule has 4 N–H and O–H groups in total. The van der Waals surface area contributed by atoms with Gasteiger partial charge in [0, 0.05) is 20.7 Å². The normalized spacial score (nSPS) is 10.3. The maximum absolute atomic E-state index is 11.5. The predicted octanol–water partition coefficient (Wildman–Crippen LogP) is 3.32. The van der Waals surface area contributed by atoms with E-state index in [9.17, 15) is 4.79 Å². The predicted molar refractivity (Wildman–Crippen MR) is 73.5 cm³/mol. The molecule has 0 aliphatic carbocycles. The summed E-state index contributed by atoms with van der Waals surface area (Å²) in [5, 5.41) is 5.48. The second kappa shape index (κ2) is 5.54. The molecule has 0 aromatic heterocycles. The van der Waals surface area contributed by atoms with Crippen LogP contribution in [0.3, 0.4) is 0 Å². The largest absolute Gasteiger partial charge is 0.399 e. The van der Waals surface area contributed by atoms with Gasteiger partial charge in [0.2, 0.25) is 0 Å². The number of rotatable bonds is 2. The first kappa shape index (κ1) is 13.3. The van der Waals surface area contributed by atoms with Crippen molar-refractivity contribution in [3.8, 4) is 0 Å². The second-order valence-corrected chi connectivity index (χ2v) is 5.32. The summed E-state index contributed by atoms with van der Waals surface area (Å²) in [6.07, 6.45) is 0. The number of hydrogen-bond donors (Lipinski definition) is 3. The van der Waals surface area contributed by atoms with Crippen LogP contribution in [0.25, 0.3) is 0 Å². The minimum atomic E-state index is -0.249. The molecule has 0 bridgehead atoms. The Morgan fingerprint density at radius 3 is 2.25 bits per heavy atom. The lowest BCUT2D eigenvalue weighted by atomic mass is 10.3. The zero-order valence-corrected chi connectivity index (χ0v) is 12.1. The van der Waals surface area contributed by atoms with Gasteiger partial charge in [-0.15, -0.1) is 0 Å². The maximum Gasteiger partial charge on any atom is 0.319 e. The lowest BCUT2D eigenvalue weighted by molar-refractivity contribution is 0.250. The van der Waals surface area contributed by atoms with Gasteiger partial charge in [0.15, 0.2) is 0 Å². The standard InChI is InChI=1S/C10H13Br2N3O/c1-5(2)14-10(16)15-9-7(11)3-6(13)4-8(9)12/h3-5H,13H2,1-2H3,(H2,14,15,16). The number of carbonyl (C=O) groups excluding carboxylic acids is 1. The Balaban J connectivity index is 2.85. The smallest absolute Gasteiger partial charge is 0.319 e. The molecule has 0 aliphatic rings. The molecule has 0 unspecified atom stereocenters. The SMILES string of the molecule is CC(C)NC(=O)Nc1c(Br)cc(N)cc1Br. The van der Waals surface area contributed by atoms with Gasteiger partial charge in [-0.1, -0.05) is 0 Å². The Hall–Kier alpha value is -0.750. The van der Waals surface area contributed by atoms with E-state index in [0.717, 1.165) is 8.95 Å². The molecule has 0 atom stereocenters. The molecular weight excluding hydrogens is 338 g/mol. The molecule has 0 spiro atoms. The van der Waals surface area contributed by atoms with E-state index in [1.807, 2.05) is 13.8 Å². The minimum absolute atomic E-state index is 0.0892. The van der Waals surface area contributed by atoms with E-state index in [1.54, 1.807) is 12.1 Å². The van der Waals surface area contributed by atoms with Crippen LogP contribution in [-0.2, 0) is 0 Å².